The number of hydrogen-bond acceptors (Lipinski definition) is 5. The highest BCUT2D eigenvalue weighted by molar-refractivity contribution is 7.89. The lowest BCUT2D eigenvalue weighted by molar-refractivity contribution is -0.116. The van der Waals surface area contributed by atoms with Crippen LogP contribution in [0.2, 0.25) is 0 Å². The Morgan fingerprint density at radius 1 is 1.35 bits per heavy atom. The Morgan fingerprint density at radius 2 is 2.17 bits per heavy atom. The van der Waals surface area contributed by atoms with Gasteiger partial charge in [-0.2, -0.15) is 10.2 Å². The van der Waals surface area contributed by atoms with Gasteiger partial charge in [-0.05, 0) is 18.2 Å². The van der Waals surface area contributed by atoms with E-state index in [4.69, 9.17) is 5.14 Å². The van der Waals surface area contributed by atoms with Gasteiger partial charge in [0.2, 0.25) is 15.9 Å². The van der Waals surface area contributed by atoms with E-state index >= 15 is 0 Å². The zero-order chi connectivity index (χ0) is 16.4. The summed E-state index contributed by atoms with van der Waals surface area (Å²) >= 11 is 0. The van der Waals surface area contributed by atoms with Crippen molar-refractivity contribution in [1.82, 2.24) is 20.0 Å². The minimum absolute atomic E-state index is 0.0803. The Labute approximate surface area is 131 Å². The fourth-order valence-corrected chi connectivity index (χ4v) is 2.54. The molecule has 1 amide bonds. The molecular weight excluding hydrogens is 320 g/mol. The van der Waals surface area contributed by atoms with Crippen LogP contribution in [0.3, 0.4) is 0 Å². The van der Waals surface area contributed by atoms with Gasteiger partial charge < -0.3 is 5.32 Å². The Balaban J connectivity index is 1.60. The van der Waals surface area contributed by atoms with Crippen molar-refractivity contribution in [2.24, 2.45) is 5.14 Å². The number of anilines is 1. The molecular formula is C13H14N6O3S. The summed E-state index contributed by atoms with van der Waals surface area (Å²) in [6.07, 6.45) is 4.26. The number of nitrogens with one attached hydrogen (secondary N) is 2. The summed E-state index contributed by atoms with van der Waals surface area (Å²) in [5.74, 6) is -0.208. The summed E-state index contributed by atoms with van der Waals surface area (Å²) < 4.78 is 23.7. The number of aromatic nitrogens is 4. The van der Waals surface area contributed by atoms with Gasteiger partial charge >= 0.3 is 0 Å². The lowest BCUT2D eigenvalue weighted by Crippen LogP contribution is -2.15. The second kappa shape index (κ2) is 5.82. The number of nitrogens with zero attached hydrogens (tertiary/aromatic N) is 3. The van der Waals surface area contributed by atoms with Crippen molar-refractivity contribution in [3.8, 4) is 0 Å². The number of carbonyl (C=O) groups is 1. The quantitative estimate of drug-likeness (QED) is 0.622. The molecule has 0 aliphatic carbocycles. The van der Waals surface area contributed by atoms with Crippen LogP contribution in [0.25, 0.3) is 10.9 Å². The summed E-state index contributed by atoms with van der Waals surface area (Å²) in [7, 11) is -3.78. The molecule has 9 nitrogen and oxygen atoms in total. The molecule has 0 aliphatic heterocycles. The van der Waals surface area contributed by atoms with E-state index in [1.54, 1.807) is 12.3 Å². The highest BCUT2D eigenvalue weighted by atomic mass is 32.2. The molecule has 120 valence electrons. The molecule has 1 aromatic carbocycles. The number of carbonyl (C=O) groups excluding carboxylic acids is 1. The number of aryl methyl sites for hydroxylation is 1. The predicted octanol–water partition coefficient (Wildman–Crippen LogP) is 0.436. The number of amides is 1. The van der Waals surface area contributed by atoms with E-state index < -0.39 is 10.0 Å². The molecule has 4 N–H and O–H groups in total. The van der Waals surface area contributed by atoms with Crippen LogP contribution in [0.5, 0.6) is 0 Å². The fourth-order valence-electron chi connectivity index (χ4n) is 2.07. The summed E-state index contributed by atoms with van der Waals surface area (Å²) in [5, 5.41) is 19.3. The molecule has 0 atom stereocenters. The number of nitrogens with two attached hydrogens (primary N) is 1. The Bertz CT molecular complexity index is 959. The molecule has 2 aromatic heterocycles. The molecule has 0 unspecified atom stereocenters. The standard InChI is InChI=1S/C13H14N6O3S/c14-23(21,22)11-7-16-19(8-11)4-3-13(20)17-10-1-2-12-9(5-10)6-15-18-12/h1-2,5-8H,3-4H2,(H,15,18)(H,17,20)(H2,14,21,22). The van der Waals surface area contributed by atoms with Gasteiger partial charge in [-0.3, -0.25) is 14.6 Å². The maximum absolute atomic E-state index is 11.9. The van der Waals surface area contributed by atoms with E-state index in [1.807, 2.05) is 12.1 Å². The molecule has 2 heterocycles. The number of rotatable bonds is 5. The van der Waals surface area contributed by atoms with Gasteiger partial charge in [0.15, 0.2) is 0 Å². The summed E-state index contributed by atoms with van der Waals surface area (Å²) in [6.45, 7) is 0.245. The molecule has 0 spiro atoms. The monoisotopic (exact) mass is 334 g/mol. The smallest absolute Gasteiger partial charge is 0.241 e. The maximum Gasteiger partial charge on any atom is 0.241 e. The van der Waals surface area contributed by atoms with Gasteiger partial charge in [-0.1, -0.05) is 0 Å². The van der Waals surface area contributed by atoms with Crippen molar-refractivity contribution in [2.45, 2.75) is 17.9 Å². The molecule has 0 saturated carbocycles. The average molecular weight is 334 g/mol. The van der Waals surface area contributed by atoms with Gasteiger partial charge in [0, 0.05) is 30.2 Å². The van der Waals surface area contributed by atoms with Crippen LogP contribution in [0, 0.1) is 0 Å². The van der Waals surface area contributed by atoms with E-state index in [0.29, 0.717) is 5.69 Å². The van der Waals surface area contributed by atoms with E-state index in [2.05, 4.69) is 20.6 Å². The number of primary sulfonamides is 1. The highest BCUT2D eigenvalue weighted by Crippen LogP contribution is 2.16. The van der Waals surface area contributed by atoms with Crippen LogP contribution in [-0.2, 0) is 21.4 Å². The van der Waals surface area contributed by atoms with Crippen molar-refractivity contribution >= 4 is 32.5 Å². The van der Waals surface area contributed by atoms with Crippen LogP contribution >= 0.6 is 0 Å². The molecule has 0 bridgehead atoms. The minimum Gasteiger partial charge on any atom is -0.326 e. The van der Waals surface area contributed by atoms with Gasteiger partial charge in [-0.15, -0.1) is 0 Å². The van der Waals surface area contributed by atoms with Gasteiger partial charge in [0.05, 0.1) is 17.9 Å². The lowest BCUT2D eigenvalue weighted by Gasteiger charge is -2.05. The molecule has 23 heavy (non-hydrogen) atoms. The number of sulfonamides is 1. The second-order valence-corrected chi connectivity index (χ2v) is 6.52. The van der Waals surface area contributed by atoms with E-state index in [9.17, 15) is 13.2 Å². The number of H-pyrrole nitrogens is 1. The number of fused-ring (bicyclic) bond motifs is 1. The topological polar surface area (TPSA) is 136 Å². The average Bonchev–Trinajstić information content (AvgIpc) is 3.13. The lowest BCUT2D eigenvalue weighted by atomic mass is 10.2. The van der Waals surface area contributed by atoms with E-state index in [0.717, 1.165) is 17.1 Å². The molecule has 0 aliphatic rings. The Kier molecular flexibility index (Phi) is 3.84. The van der Waals surface area contributed by atoms with Crippen LogP contribution in [0.4, 0.5) is 5.69 Å². The van der Waals surface area contributed by atoms with Crippen LogP contribution in [-0.4, -0.2) is 34.3 Å². The zero-order valence-corrected chi connectivity index (χ0v) is 12.7. The van der Waals surface area contributed by atoms with Gasteiger partial charge in [0.1, 0.15) is 4.90 Å². The van der Waals surface area contributed by atoms with Crippen molar-refractivity contribution in [1.29, 1.82) is 0 Å². The van der Waals surface area contributed by atoms with Crippen molar-refractivity contribution in [2.75, 3.05) is 5.32 Å². The first-order valence-electron chi connectivity index (χ1n) is 6.70. The first-order chi connectivity index (χ1) is 10.9. The fraction of sp³-hybridized carbons (Fsp3) is 0.154. The van der Waals surface area contributed by atoms with Crippen LogP contribution < -0.4 is 10.5 Å². The minimum atomic E-state index is -3.78. The summed E-state index contributed by atoms with van der Waals surface area (Å²) in [6, 6.07) is 5.40. The third-order valence-electron chi connectivity index (χ3n) is 3.23. The third kappa shape index (κ3) is 3.55. The molecule has 3 aromatic rings. The normalized spacial score (nSPS) is 11.7. The Hall–Kier alpha value is -2.72. The number of hydrogen-bond donors (Lipinski definition) is 3. The van der Waals surface area contributed by atoms with Gasteiger partial charge in [0.25, 0.3) is 0 Å². The van der Waals surface area contributed by atoms with Crippen molar-refractivity contribution < 1.29 is 13.2 Å². The van der Waals surface area contributed by atoms with Crippen LogP contribution in [0.1, 0.15) is 6.42 Å². The Morgan fingerprint density at radius 3 is 2.91 bits per heavy atom. The third-order valence-corrected chi connectivity index (χ3v) is 4.10. The largest absolute Gasteiger partial charge is 0.326 e. The second-order valence-electron chi connectivity index (χ2n) is 4.95. The van der Waals surface area contributed by atoms with Gasteiger partial charge in [-0.25, -0.2) is 13.6 Å². The summed E-state index contributed by atoms with van der Waals surface area (Å²) in [5.41, 5.74) is 1.55. The SMILES string of the molecule is NS(=O)(=O)c1cnn(CCC(=O)Nc2ccc3[nH]ncc3c2)c1. The molecule has 0 fully saturated rings. The molecule has 0 radical (unpaired) electrons. The van der Waals surface area contributed by atoms with Crippen LogP contribution in [0.15, 0.2) is 41.7 Å². The molecule has 0 saturated heterocycles. The maximum atomic E-state index is 11.9. The summed E-state index contributed by atoms with van der Waals surface area (Å²) in [4.78, 5) is 11.9. The van der Waals surface area contributed by atoms with E-state index in [-0.39, 0.29) is 23.8 Å². The number of benzene rings is 1. The zero-order valence-electron chi connectivity index (χ0n) is 11.9. The molecule has 10 heteroatoms. The van der Waals surface area contributed by atoms with E-state index in [1.165, 1.54) is 10.9 Å². The van der Waals surface area contributed by atoms with Crippen molar-refractivity contribution in [3.63, 3.8) is 0 Å². The first-order valence-corrected chi connectivity index (χ1v) is 8.25. The highest BCUT2D eigenvalue weighted by Gasteiger charge is 2.11. The van der Waals surface area contributed by atoms with Crippen molar-refractivity contribution in [3.05, 3.63) is 36.8 Å². The predicted molar refractivity (Wildman–Crippen MR) is 82.9 cm³/mol. The molecule has 3 rings (SSSR count). The first kappa shape index (κ1) is 15.2. The number of aromatic amines is 1.